The number of esters is 1. The number of thiazole rings is 1. The van der Waals surface area contributed by atoms with Crippen molar-refractivity contribution in [3.8, 4) is 5.75 Å². The number of nitrogens with zero attached hydrogens (tertiary/aromatic N) is 3. The molecular weight excluding hydrogens is 496 g/mol. The third-order valence-corrected chi connectivity index (χ3v) is 7.35. The number of fused-ring (bicyclic) bond motifs is 2. The van der Waals surface area contributed by atoms with E-state index in [0.29, 0.717) is 33.1 Å². The summed E-state index contributed by atoms with van der Waals surface area (Å²) >= 11 is 1.05. The molecule has 1 unspecified atom stereocenters. The van der Waals surface area contributed by atoms with Crippen molar-refractivity contribution in [2.24, 2.45) is 10.7 Å². The minimum atomic E-state index is -0.836. The van der Waals surface area contributed by atoms with Crippen molar-refractivity contribution in [1.29, 1.82) is 0 Å². The Morgan fingerprint density at radius 3 is 2.43 bits per heavy atom. The summed E-state index contributed by atoms with van der Waals surface area (Å²) in [5.74, 6) is -1.18. The first-order valence-electron chi connectivity index (χ1n) is 11.2. The van der Waals surface area contributed by atoms with Gasteiger partial charge in [-0.2, -0.15) is 0 Å². The number of para-hydroxylation sites is 1. The first kappa shape index (κ1) is 24.2. The topological polar surface area (TPSA) is 133 Å². The maximum absolute atomic E-state index is 14.0. The van der Waals surface area contributed by atoms with Gasteiger partial charge in [-0.3, -0.25) is 23.9 Å². The van der Waals surface area contributed by atoms with Crippen molar-refractivity contribution in [2.45, 2.75) is 13.0 Å². The molecule has 0 fully saturated rings. The number of ether oxygens (including phenoxy) is 2. The number of aromatic nitrogens is 1. The minimum absolute atomic E-state index is 0.153. The lowest BCUT2D eigenvalue weighted by atomic mass is 9.96. The van der Waals surface area contributed by atoms with Crippen LogP contribution < -0.4 is 30.3 Å². The van der Waals surface area contributed by atoms with Gasteiger partial charge in [0.15, 0.2) is 4.80 Å². The van der Waals surface area contributed by atoms with E-state index in [0.717, 1.165) is 11.3 Å². The van der Waals surface area contributed by atoms with Crippen LogP contribution in [0.25, 0.3) is 5.57 Å². The smallest absolute Gasteiger partial charge is 0.338 e. The molecule has 1 atom stereocenters. The Kier molecular flexibility index (Phi) is 6.00. The van der Waals surface area contributed by atoms with E-state index < -0.39 is 29.4 Å². The molecule has 0 radical (unpaired) electrons. The molecular formula is C26H22N4O6S. The fraction of sp³-hybridized carbons (Fsp3) is 0.192. The van der Waals surface area contributed by atoms with E-state index in [1.165, 1.54) is 16.6 Å². The standard InChI is InChI=1S/C26H22N4O6S/c1-13-19(25(34)36-3)21(14-8-10-15(35-2)11-9-14)30-24(33)22(37-26(30)28-13)20-16-6-4-5-7-17(16)29(23(20)32)12-18(27)31/h4-11,21H,12H2,1-3H3,(H2,27,31). The molecule has 37 heavy (non-hydrogen) atoms. The van der Waals surface area contributed by atoms with Crippen LogP contribution in [0.2, 0.25) is 0 Å². The third kappa shape index (κ3) is 3.84. The number of carbonyl (C=O) groups is 3. The maximum atomic E-state index is 14.0. The van der Waals surface area contributed by atoms with E-state index in [4.69, 9.17) is 15.2 Å². The summed E-state index contributed by atoms with van der Waals surface area (Å²) in [5, 5.41) is 0. The number of benzene rings is 2. The number of rotatable bonds is 5. The van der Waals surface area contributed by atoms with Crippen molar-refractivity contribution < 1.29 is 23.9 Å². The van der Waals surface area contributed by atoms with Gasteiger partial charge in [-0.25, -0.2) is 9.79 Å². The highest BCUT2D eigenvalue weighted by atomic mass is 32.1. The molecule has 1 aromatic heterocycles. The molecule has 2 aliphatic rings. The van der Waals surface area contributed by atoms with Gasteiger partial charge in [0.1, 0.15) is 16.8 Å². The molecule has 0 spiro atoms. The SMILES string of the molecule is COC(=O)C1=C(C)N=c2sc(=C3C(=O)N(CC(N)=O)c4ccccc43)c(=O)n2C1c1ccc(OC)cc1. The zero-order valence-electron chi connectivity index (χ0n) is 20.2. The van der Waals surface area contributed by atoms with E-state index in [1.54, 1.807) is 62.6 Å². The summed E-state index contributed by atoms with van der Waals surface area (Å²) in [5.41, 5.74) is 7.32. The average molecular weight is 519 g/mol. The van der Waals surface area contributed by atoms with E-state index in [9.17, 15) is 19.2 Å². The zero-order valence-corrected chi connectivity index (χ0v) is 21.0. The Morgan fingerprint density at radius 2 is 1.78 bits per heavy atom. The van der Waals surface area contributed by atoms with Crippen LogP contribution in [0.15, 0.2) is 69.6 Å². The summed E-state index contributed by atoms with van der Waals surface area (Å²) < 4.78 is 11.8. The zero-order chi connectivity index (χ0) is 26.4. The Balaban J connectivity index is 1.80. The maximum Gasteiger partial charge on any atom is 0.338 e. The molecule has 0 aliphatic carbocycles. The first-order chi connectivity index (χ1) is 17.8. The third-order valence-electron chi connectivity index (χ3n) is 6.30. The molecule has 0 saturated carbocycles. The van der Waals surface area contributed by atoms with E-state index in [2.05, 4.69) is 4.99 Å². The summed E-state index contributed by atoms with van der Waals surface area (Å²) in [4.78, 5) is 58.1. The summed E-state index contributed by atoms with van der Waals surface area (Å²) in [6, 6.07) is 13.0. The predicted octanol–water partition coefficient (Wildman–Crippen LogP) is 0.619. The largest absolute Gasteiger partial charge is 0.497 e. The lowest BCUT2D eigenvalue weighted by Gasteiger charge is -2.24. The van der Waals surface area contributed by atoms with Crippen LogP contribution >= 0.6 is 11.3 Å². The molecule has 5 rings (SSSR count). The van der Waals surface area contributed by atoms with Crippen LogP contribution in [-0.4, -0.2) is 43.1 Å². The van der Waals surface area contributed by atoms with Crippen LogP contribution in [0.1, 0.15) is 24.1 Å². The van der Waals surface area contributed by atoms with Crippen molar-refractivity contribution in [2.75, 3.05) is 25.7 Å². The molecule has 10 nitrogen and oxygen atoms in total. The Morgan fingerprint density at radius 1 is 1.08 bits per heavy atom. The highest BCUT2D eigenvalue weighted by Crippen LogP contribution is 2.35. The van der Waals surface area contributed by atoms with E-state index >= 15 is 0 Å². The fourth-order valence-corrected chi connectivity index (χ4v) is 5.79. The summed E-state index contributed by atoms with van der Waals surface area (Å²) in [6.07, 6.45) is 0. The lowest BCUT2D eigenvalue weighted by Crippen LogP contribution is -2.41. The van der Waals surface area contributed by atoms with Crippen LogP contribution in [0.4, 0.5) is 5.69 Å². The Labute approximate surface area is 214 Å². The quantitative estimate of drug-likeness (QED) is 0.493. The van der Waals surface area contributed by atoms with Crippen LogP contribution in [0.3, 0.4) is 0 Å². The van der Waals surface area contributed by atoms with Crippen LogP contribution in [-0.2, 0) is 19.1 Å². The molecule has 2 aliphatic heterocycles. The number of primary amides is 1. The highest BCUT2D eigenvalue weighted by Gasteiger charge is 2.37. The van der Waals surface area contributed by atoms with Gasteiger partial charge >= 0.3 is 5.97 Å². The number of amides is 2. The van der Waals surface area contributed by atoms with Gasteiger partial charge in [0.05, 0.1) is 42.8 Å². The molecule has 0 bridgehead atoms. The number of anilines is 1. The van der Waals surface area contributed by atoms with E-state index in [-0.39, 0.29) is 22.2 Å². The highest BCUT2D eigenvalue weighted by molar-refractivity contribution is 7.07. The first-order valence-corrected chi connectivity index (χ1v) is 12.1. The molecule has 2 aromatic carbocycles. The number of allylic oxidation sites excluding steroid dienone is 1. The van der Waals surface area contributed by atoms with Gasteiger partial charge < -0.3 is 15.2 Å². The van der Waals surface area contributed by atoms with Crippen molar-refractivity contribution in [3.63, 3.8) is 0 Å². The molecule has 3 aromatic rings. The van der Waals surface area contributed by atoms with Crippen molar-refractivity contribution in [1.82, 2.24) is 4.57 Å². The Hall–Kier alpha value is -4.51. The molecule has 2 amide bonds. The average Bonchev–Trinajstić information content (AvgIpc) is 3.35. The Bertz CT molecular complexity index is 1680. The molecule has 188 valence electrons. The van der Waals surface area contributed by atoms with Gasteiger partial charge in [-0.15, -0.1) is 0 Å². The summed E-state index contributed by atoms with van der Waals surface area (Å²) in [6.45, 7) is 1.35. The molecule has 2 N–H and O–H groups in total. The number of nitrogens with two attached hydrogens (primary N) is 1. The molecule has 0 saturated heterocycles. The number of methoxy groups -OCH3 is 2. The normalized spacial score (nSPS) is 17.8. The number of hydrogen-bond donors (Lipinski definition) is 1. The second kappa shape index (κ2) is 9.17. The predicted molar refractivity (Wildman–Crippen MR) is 136 cm³/mol. The number of carbonyl (C=O) groups excluding carboxylic acids is 3. The number of hydrogen-bond acceptors (Lipinski definition) is 8. The minimum Gasteiger partial charge on any atom is -0.497 e. The fourth-order valence-electron chi connectivity index (χ4n) is 4.66. The van der Waals surface area contributed by atoms with Gasteiger partial charge in [0.2, 0.25) is 5.91 Å². The molecule has 11 heteroatoms. The van der Waals surface area contributed by atoms with Gasteiger partial charge in [0.25, 0.3) is 11.5 Å². The van der Waals surface area contributed by atoms with Crippen molar-refractivity contribution in [3.05, 3.63) is 90.6 Å². The lowest BCUT2D eigenvalue weighted by molar-refractivity contribution is -0.136. The van der Waals surface area contributed by atoms with Gasteiger partial charge in [0, 0.05) is 5.56 Å². The monoisotopic (exact) mass is 518 g/mol. The van der Waals surface area contributed by atoms with Crippen molar-refractivity contribution >= 4 is 40.4 Å². The second-order valence-corrected chi connectivity index (χ2v) is 9.39. The molecule has 3 heterocycles. The van der Waals surface area contributed by atoms with Gasteiger partial charge in [-0.05, 0) is 30.7 Å². The van der Waals surface area contributed by atoms with E-state index in [1.807, 2.05) is 0 Å². The van der Waals surface area contributed by atoms with Crippen LogP contribution in [0.5, 0.6) is 5.75 Å². The summed E-state index contributed by atoms with van der Waals surface area (Å²) in [7, 11) is 2.81. The van der Waals surface area contributed by atoms with Crippen LogP contribution in [0, 0.1) is 0 Å². The van der Waals surface area contributed by atoms with Gasteiger partial charge in [-0.1, -0.05) is 41.7 Å². The second-order valence-electron chi connectivity index (χ2n) is 8.42.